The molecule has 0 atom stereocenters. The van der Waals surface area contributed by atoms with Crippen LogP contribution in [0.25, 0.3) is 11.3 Å². The van der Waals surface area contributed by atoms with Crippen molar-refractivity contribution < 1.29 is 9.53 Å². The van der Waals surface area contributed by atoms with Crippen molar-refractivity contribution in [2.24, 2.45) is 0 Å². The first-order valence-electron chi connectivity index (χ1n) is 8.54. The van der Waals surface area contributed by atoms with Crippen LogP contribution >= 0.6 is 0 Å². The van der Waals surface area contributed by atoms with Crippen molar-refractivity contribution in [2.45, 2.75) is 12.8 Å². The Kier molecular flexibility index (Phi) is 5.93. The zero-order chi connectivity index (χ0) is 18.2. The molecule has 3 aromatic rings. The number of benzene rings is 1. The molecule has 0 fully saturated rings. The number of nitrogens with zero attached hydrogens (tertiary/aromatic N) is 2. The molecule has 0 aliphatic rings. The summed E-state index contributed by atoms with van der Waals surface area (Å²) in [5.41, 5.74) is 3.59. The molecular formula is C21H21N3O2. The fraction of sp³-hybridized carbons (Fsp3) is 0.190. The number of amides is 1. The zero-order valence-electron chi connectivity index (χ0n) is 14.7. The first-order chi connectivity index (χ1) is 12.8. The number of aromatic nitrogens is 2. The van der Waals surface area contributed by atoms with Crippen LogP contribution in [0, 0.1) is 0 Å². The number of hydrogen-bond donors (Lipinski definition) is 1. The standard InChI is InChI=1S/C21H21N3O2/c1-26-19-7-4-16(5-8-19)3-2-12-23-21(25)18-6-9-20(24-15-18)17-10-13-22-14-11-17/h4-11,13-15H,2-3,12H2,1H3,(H,23,25). The van der Waals surface area contributed by atoms with Crippen LogP contribution in [-0.4, -0.2) is 29.5 Å². The Morgan fingerprint density at radius 1 is 1.04 bits per heavy atom. The third-order valence-electron chi connectivity index (χ3n) is 4.09. The summed E-state index contributed by atoms with van der Waals surface area (Å²) >= 11 is 0. The van der Waals surface area contributed by atoms with E-state index in [9.17, 15) is 4.79 Å². The Morgan fingerprint density at radius 2 is 1.81 bits per heavy atom. The van der Waals surface area contributed by atoms with Crippen molar-refractivity contribution in [3.63, 3.8) is 0 Å². The van der Waals surface area contributed by atoms with E-state index in [0.29, 0.717) is 12.1 Å². The van der Waals surface area contributed by atoms with Gasteiger partial charge < -0.3 is 10.1 Å². The van der Waals surface area contributed by atoms with Crippen LogP contribution in [0.5, 0.6) is 5.75 Å². The van der Waals surface area contributed by atoms with Gasteiger partial charge in [-0.1, -0.05) is 12.1 Å². The molecule has 0 saturated carbocycles. The number of ether oxygens (including phenoxy) is 1. The Bertz CT molecular complexity index is 831. The van der Waals surface area contributed by atoms with Gasteiger partial charge in [0.25, 0.3) is 5.91 Å². The lowest BCUT2D eigenvalue weighted by Crippen LogP contribution is -2.24. The fourth-order valence-electron chi connectivity index (χ4n) is 2.61. The summed E-state index contributed by atoms with van der Waals surface area (Å²) < 4.78 is 5.15. The lowest BCUT2D eigenvalue weighted by Gasteiger charge is -2.07. The van der Waals surface area contributed by atoms with Gasteiger partial charge in [-0.2, -0.15) is 0 Å². The van der Waals surface area contributed by atoms with E-state index in [-0.39, 0.29) is 5.91 Å². The Hall–Kier alpha value is -3.21. The molecule has 1 amide bonds. The minimum absolute atomic E-state index is 0.103. The van der Waals surface area contributed by atoms with Gasteiger partial charge in [0, 0.05) is 30.7 Å². The first-order valence-corrected chi connectivity index (χ1v) is 8.54. The van der Waals surface area contributed by atoms with Crippen molar-refractivity contribution in [3.8, 4) is 17.0 Å². The summed E-state index contributed by atoms with van der Waals surface area (Å²) in [5, 5.41) is 2.94. The topological polar surface area (TPSA) is 64.1 Å². The molecule has 0 bridgehead atoms. The van der Waals surface area contributed by atoms with Gasteiger partial charge in [0.05, 0.1) is 18.4 Å². The third-order valence-corrected chi connectivity index (χ3v) is 4.09. The van der Waals surface area contributed by atoms with Crippen molar-refractivity contribution in [1.29, 1.82) is 0 Å². The molecule has 0 spiro atoms. The second-order valence-corrected chi connectivity index (χ2v) is 5.88. The second-order valence-electron chi connectivity index (χ2n) is 5.88. The van der Waals surface area contributed by atoms with E-state index < -0.39 is 0 Å². The molecule has 2 heterocycles. The zero-order valence-corrected chi connectivity index (χ0v) is 14.7. The Labute approximate surface area is 153 Å². The van der Waals surface area contributed by atoms with E-state index in [2.05, 4.69) is 15.3 Å². The molecule has 1 N–H and O–H groups in total. The minimum atomic E-state index is -0.103. The summed E-state index contributed by atoms with van der Waals surface area (Å²) in [6, 6.07) is 15.4. The normalized spacial score (nSPS) is 10.3. The van der Waals surface area contributed by atoms with E-state index in [0.717, 1.165) is 29.8 Å². The molecule has 1 aromatic carbocycles. The second kappa shape index (κ2) is 8.76. The van der Waals surface area contributed by atoms with Gasteiger partial charge in [-0.15, -0.1) is 0 Å². The average Bonchev–Trinajstić information content (AvgIpc) is 2.72. The number of rotatable bonds is 7. The van der Waals surface area contributed by atoms with Gasteiger partial charge in [0.1, 0.15) is 5.75 Å². The lowest BCUT2D eigenvalue weighted by atomic mass is 10.1. The third kappa shape index (κ3) is 4.66. The molecule has 0 aliphatic heterocycles. The predicted molar refractivity (Wildman–Crippen MR) is 101 cm³/mol. The lowest BCUT2D eigenvalue weighted by molar-refractivity contribution is 0.0953. The minimum Gasteiger partial charge on any atom is -0.497 e. The van der Waals surface area contributed by atoms with E-state index >= 15 is 0 Å². The number of methoxy groups -OCH3 is 1. The van der Waals surface area contributed by atoms with Crippen LogP contribution in [-0.2, 0) is 6.42 Å². The number of hydrogen-bond acceptors (Lipinski definition) is 4. The largest absolute Gasteiger partial charge is 0.497 e. The van der Waals surface area contributed by atoms with E-state index in [1.165, 1.54) is 5.56 Å². The van der Waals surface area contributed by atoms with Gasteiger partial charge in [0.2, 0.25) is 0 Å². The van der Waals surface area contributed by atoms with Crippen LogP contribution in [0.2, 0.25) is 0 Å². The smallest absolute Gasteiger partial charge is 0.252 e. The highest BCUT2D eigenvalue weighted by atomic mass is 16.5. The summed E-state index contributed by atoms with van der Waals surface area (Å²) in [6.07, 6.45) is 6.83. The van der Waals surface area contributed by atoms with Gasteiger partial charge >= 0.3 is 0 Å². The van der Waals surface area contributed by atoms with Crippen molar-refractivity contribution in [1.82, 2.24) is 15.3 Å². The number of carbonyl (C=O) groups excluding carboxylic acids is 1. The SMILES string of the molecule is COc1ccc(CCCNC(=O)c2ccc(-c3ccncc3)nc2)cc1. The molecule has 0 unspecified atom stereocenters. The summed E-state index contributed by atoms with van der Waals surface area (Å²) in [4.78, 5) is 20.6. The van der Waals surface area contributed by atoms with E-state index in [4.69, 9.17) is 4.74 Å². The molecule has 26 heavy (non-hydrogen) atoms. The van der Waals surface area contributed by atoms with Crippen LogP contribution in [0.3, 0.4) is 0 Å². The van der Waals surface area contributed by atoms with Crippen molar-refractivity contribution in [3.05, 3.63) is 78.2 Å². The molecular weight excluding hydrogens is 326 g/mol. The first kappa shape index (κ1) is 17.6. The molecule has 0 radical (unpaired) electrons. The maximum absolute atomic E-state index is 12.2. The summed E-state index contributed by atoms with van der Waals surface area (Å²) in [6.45, 7) is 0.622. The highest BCUT2D eigenvalue weighted by Gasteiger charge is 2.06. The van der Waals surface area contributed by atoms with Crippen LogP contribution < -0.4 is 10.1 Å². The number of nitrogens with one attached hydrogen (secondary N) is 1. The fourth-order valence-corrected chi connectivity index (χ4v) is 2.61. The molecule has 132 valence electrons. The molecule has 0 saturated heterocycles. The Balaban J connectivity index is 1.47. The molecule has 5 nitrogen and oxygen atoms in total. The summed E-state index contributed by atoms with van der Waals surface area (Å²) in [7, 11) is 1.66. The quantitative estimate of drug-likeness (QED) is 0.664. The van der Waals surface area contributed by atoms with Gasteiger partial charge in [-0.3, -0.25) is 14.8 Å². The van der Waals surface area contributed by atoms with Gasteiger partial charge in [-0.25, -0.2) is 0 Å². The number of pyridine rings is 2. The van der Waals surface area contributed by atoms with Gasteiger partial charge in [-0.05, 0) is 54.8 Å². The molecule has 2 aromatic heterocycles. The van der Waals surface area contributed by atoms with E-state index in [1.807, 2.05) is 42.5 Å². The highest BCUT2D eigenvalue weighted by Crippen LogP contribution is 2.15. The van der Waals surface area contributed by atoms with Crippen molar-refractivity contribution in [2.75, 3.05) is 13.7 Å². The molecule has 5 heteroatoms. The highest BCUT2D eigenvalue weighted by molar-refractivity contribution is 5.94. The van der Waals surface area contributed by atoms with Crippen LogP contribution in [0.15, 0.2) is 67.1 Å². The number of aryl methyl sites for hydroxylation is 1. The van der Waals surface area contributed by atoms with Gasteiger partial charge in [0.15, 0.2) is 0 Å². The van der Waals surface area contributed by atoms with Crippen LogP contribution in [0.4, 0.5) is 0 Å². The maximum Gasteiger partial charge on any atom is 0.252 e. The monoisotopic (exact) mass is 347 g/mol. The van der Waals surface area contributed by atoms with E-state index in [1.54, 1.807) is 31.8 Å². The Morgan fingerprint density at radius 3 is 2.46 bits per heavy atom. The summed E-state index contributed by atoms with van der Waals surface area (Å²) in [5.74, 6) is 0.748. The number of carbonyl (C=O) groups is 1. The molecule has 3 rings (SSSR count). The average molecular weight is 347 g/mol. The van der Waals surface area contributed by atoms with Crippen LogP contribution in [0.1, 0.15) is 22.3 Å². The predicted octanol–water partition coefficient (Wildman–Crippen LogP) is 3.51. The van der Waals surface area contributed by atoms with Crippen molar-refractivity contribution >= 4 is 5.91 Å². The molecule has 0 aliphatic carbocycles. The maximum atomic E-state index is 12.2.